The maximum absolute atomic E-state index is 13.1. The highest BCUT2D eigenvalue weighted by Crippen LogP contribution is 2.35. The molecule has 3 aromatic carbocycles. The molecule has 1 atom stereocenters. The van der Waals surface area contributed by atoms with E-state index in [2.05, 4.69) is 5.32 Å². The summed E-state index contributed by atoms with van der Waals surface area (Å²) < 4.78 is 6.14. The summed E-state index contributed by atoms with van der Waals surface area (Å²) in [6.07, 6.45) is 1.71. The number of hydrogen-bond donors (Lipinski definition) is 2. The lowest BCUT2D eigenvalue weighted by Gasteiger charge is -2.22. The number of amides is 2. The molecule has 4 rings (SSSR count). The summed E-state index contributed by atoms with van der Waals surface area (Å²) in [6.45, 7) is 1.59. The first-order chi connectivity index (χ1) is 16.8. The lowest BCUT2D eigenvalue weighted by Crippen LogP contribution is -2.44. The van der Waals surface area contributed by atoms with Crippen LogP contribution in [-0.2, 0) is 9.59 Å². The van der Waals surface area contributed by atoms with Crippen LogP contribution in [0.5, 0.6) is 11.5 Å². The normalized spacial score (nSPS) is 15.2. The number of benzene rings is 3. The summed E-state index contributed by atoms with van der Waals surface area (Å²) in [6, 6.07) is 21.6. The minimum absolute atomic E-state index is 0.108. The number of aromatic carboxylic acids is 1. The van der Waals surface area contributed by atoms with Crippen molar-refractivity contribution in [2.45, 2.75) is 13.0 Å². The van der Waals surface area contributed by atoms with E-state index in [1.54, 1.807) is 13.0 Å². The Morgan fingerprint density at radius 1 is 1.03 bits per heavy atom. The molecule has 1 saturated heterocycles. The number of carboxylic acids is 1. The molecule has 176 valence electrons. The first-order valence-corrected chi connectivity index (χ1v) is 11.8. The highest BCUT2D eigenvalue weighted by atomic mass is 32.2. The highest BCUT2D eigenvalue weighted by molar-refractivity contribution is 8.26. The Balaban J connectivity index is 1.46. The SMILES string of the molecule is CC(C(=O)Nc1ccc(C(=O)O)cc1)N1C(=O)/C(=C/c2cccc(Oc3ccccc3)c2)SC1=S. The Labute approximate surface area is 211 Å². The molecule has 0 radical (unpaired) electrons. The zero-order valence-electron chi connectivity index (χ0n) is 18.5. The van der Waals surface area contributed by atoms with Crippen LogP contribution in [0.25, 0.3) is 6.08 Å². The zero-order chi connectivity index (χ0) is 24.9. The quantitative estimate of drug-likeness (QED) is 0.328. The molecule has 1 fully saturated rings. The first-order valence-electron chi connectivity index (χ1n) is 10.6. The number of thiocarbonyl (C=S) groups is 1. The maximum Gasteiger partial charge on any atom is 0.335 e. The number of ether oxygens (including phenoxy) is 1. The topological polar surface area (TPSA) is 95.9 Å². The number of rotatable bonds is 7. The molecule has 0 bridgehead atoms. The van der Waals surface area contributed by atoms with Crippen LogP contribution in [0.3, 0.4) is 0 Å². The van der Waals surface area contributed by atoms with Crippen molar-refractivity contribution in [3.63, 3.8) is 0 Å². The van der Waals surface area contributed by atoms with E-state index in [1.165, 1.54) is 29.2 Å². The fourth-order valence-corrected chi connectivity index (χ4v) is 4.74. The van der Waals surface area contributed by atoms with E-state index in [9.17, 15) is 14.4 Å². The minimum Gasteiger partial charge on any atom is -0.478 e. The molecule has 0 saturated carbocycles. The molecule has 35 heavy (non-hydrogen) atoms. The van der Waals surface area contributed by atoms with Crippen LogP contribution in [0, 0.1) is 0 Å². The van der Waals surface area contributed by atoms with Gasteiger partial charge in [-0.25, -0.2) is 4.79 Å². The molecule has 2 amide bonds. The monoisotopic (exact) mass is 504 g/mol. The number of para-hydroxylation sites is 1. The fourth-order valence-electron chi connectivity index (χ4n) is 3.32. The van der Waals surface area contributed by atoms with Crippen molar-refractivity contribution < 1.29 is 24.2 Å². The third-order valence-corrected chi connectivity index (χ3v) is 6.45. The van der Waals surface area contributed by atoms with E-state index in [0.717, 1.165) is 17.3 Å². The van der Waals surface area contributed by atoms with Crippen molar-refractivity contribution in [1.82, 2.24) is 4.90 Å². The molecule has 0 aliphatic carbocycles. The third kappa shape index (κ3) is 5.76. The third-order valence-electron chi connectivity index (χ3n) is 5.12. The van der Waals surface area contributed by atoms with Gasteiger partial charge in [0.2, 0.25) is 5.91 Å². The molecule has 1 aliphatic rings. The van der Waals surface area contributed by atoms with Gasteiger partial charge in [-0.05, 0) is 67.1 Å². The molecule has 7 nitrogen and oxygen atoms in total. The summed E-state index contributed by atoms with van der Waals surface area (Å²) in [5, 5.41) is 11.7. The fraction of sp³-hybridized carbons (Fsp3) is 0.0769. The zero-order valence-corrected chi connectivity index (χ0v) is 20.1. The molecular formula is C26H20N2O5S2. The molecule has 0 aromatic heterocycles. The van der Waals surface area contributed by atoms with Crippen molar-refractivity contribution in [3.8, 4) is 11.5 Å². The average molecular weight is 505 g/mol. The van der Waals surface area contributed by atoms with Crippen LogP contribution in [0.15, 0.2) is 83.8 Å². The van der Waals surface area contributed by atoms with Crippen LogP contribution in [-0.4, -0.2) is 38.2 Å². The van der Waals surface area contributed by atoms with Crippen molar-refractivity contribution in [2.75, 3.05) is 5.32 Å². The number of thioether (sulfide) groups is 1. The number of anilines is 1. The van der Waals surface area contributed by atoms with Gasteiger partial charge in [-0.3, -0.25) is 14.5 Å². The van der Waals surface area contributed by atoms with Gasteiger partial charge in [0.05, 0.1) is 10.5 Å². The summed E-state index contributed by atoms with van der Waals surface area (Å²) in [5.41, 5.74) is 1.29. The summed E-state index contributed by atoms with van der Waals surface area (Å²) in [5.74, 6) is -0.532. The van der Waals surface area contributed by atoms with Gasteiger partial charge in [0.25, 0.3) is 5.91 Å². The van der Waals surface area contributed by atoms with E-state index in [0.29, 0.717) is 22.1 Å². The second kappa shape index (κ2) is 10.5. The molecule has 1 aliphatic heterocycles. The molecule has 1 unspecified atom stereocenters. The smallest absolute Gasteiger partial charge is 0.335 e. The van der Waals surface area contributed by atoms with E-state index < -0.39 is 17.9 Å². The van der Waals surface area contributed by atoms with E-state index in [1.807, 2.05) is 54.6 Å². The summed E-state index contributed by atoms with van der Waals surface area (Å²) in [7, 11) is 0. The Kier molecular flexibility index (Phi) is 7.28. The number of carboxylic acid groups (broad SMARTS) is 1. The molecule has 0 spiro atoms. The van der Waals surface area contributed by atoms with Crippen LogP contribution in [0.4, 0.5) is 5.69 Å². The second-order valence-electron chi connectivity index (χ2n) is 7.59. The Hall–Kier alpha value is -3.95. The highest BCUT2D eigenvalue weighted by Gasteiger charge is 2.38. The predicted molar refractivity (Wildman–Crippen MR) is 139 cm³/mol. The summed E-state index contributed by atoms with van der Waals surface area (Å²) >= 11 is 6.51. The van der Waals surface area contributed by atoms with Crippen LogP contribution < -0.4 is 10.1 Å². The van der Waals surface area contributed by atoms with Gasteiger partial charge in [0.1, 0.15) is 21.9 Å². The largest absolute Gasteiger partial charge is 0.478 e. The van der Waals surface area contributed by atoms with Crippen LogP contribution >= 0.6 is 24.0 Å². The van der Waals surface area contributed by atoms with Crippen molar-refractivity contribution in [1.29, 1.82) is 0 Å². The summed E-state index contributed by atoms with van der Waals surface area (Å²) in [4.78, 5) is 38.5. The standard InChI is InChI=1S/C26H20N2O5S2/c1-16(23(29)27-19-12-10-18(11-13-19)25(31)32)28-24(30)22(35-26(28)34)15-17-6-5-9-21(14-17)33-20-7-3-2-4-8-20/h2-16H,1H3,(H,27,29)(H,31,32)/b22-15-. The van der Waals surface area contributed by atoms with Gasteiger partial charge in [-0.2, -0.15) is 0 Å². The second-order valence-corrected chi connectivity index (χ2v) is 9.26. The van der Waals surface area contributed by atoms with Crippen molar-refractivity contribution in [3.05, 3.63) is 94.9 Å². The van der Waals surface area contributed by atoms with Gasteiger partial charge in [-0.1, -0.05) is 54.3 Å². The van der Waals surface area contributed by atoms with Gasteiger partial charge in [0.15, 0.2) is 0 Å². The maximum atomic E-state index is 13.1. The van der Waals surface area contributed by atoms with Crippen LogP contribution in [0.2, 0.25) is 0 Å². The average Bonchev–Trinajstić information content (AvgIpc) is 3.12. The Bertz CT molecular complexity index is 1320. The number of nitrogens with zero attached hydrogens (tertiary/aromatic N) is 1. The van der Waals surface area contributed by atoms with E-state index >= 15 is 0 Å². The van der Waals surface area contributed by atoms with Gasteiger partial charge in [0, 0.05) is 5.69 Å². The predicted octanol–water partition coefficient (Wildman–Crippen LogP) is 5.41. The van der Waals surface area contributed by atoms with Crippen molar-refractivity contribution in [2.24, 2.45) is 0 Å². The Morgan fingerprint density at radius 2 is 1.71 bits per heavy atom. The molecule has 2 N–H and O–H groups in total. The molecule has 3 aromatic rings. The van der Waals surface area contributed by atoms with Gasteiger partial charge < -0.3 is 15.2 Å². The Morgan fingerprint density at radius 3 is 2.40 bits per heavy atom. The number of carbonyl (C=O) groups is 3. The van der Waals surface area contributed by atoms with Gasteiger partial charge >= 0.3 is 5.97 Å². The minimum atomic E-state index is -1.06. The number of nitrogens with one attached hydrogen (secondary N) is 1. The molecular weight excluding hydrogens is 484 g/mol. The lowest BCUT2D eigenvalue weighted by molar-refractivity contribution is -0.129. The van der Waals surface area contributed by atoms with E-state index in [4.69, 9.17) is 22.1 Å². The number of hydrogen-bond acceptors (Lipinski definition) is 6. The van der Waals surface area contributed by atoms with Crippen LogP contribution in [0.1, 0.15) is 22.8 Å². The van der Waals surface area contributed by atoms with Crippen molar-refractivity contribution >= 4 is 57.8 Å². The number of carbonyl (C=O) groups excluding carboxylic acids is 2. The van der Waals surface area contributed by atoms with E-state index in [-0.39, 0.29) is 15.8 Å². The molecule has 1 heterocycles. The lowest BCUT2D eigenvalue weighted by atomic mass is 10.2. The first kappa shape index (κ1) is 24.2. The van der Waals surface area contributed by atoms with Gasteiger partial charge in [-0.15, -0.1) is 0 Å². The molecule has 9 heteroatoms.